The van der Waals surface area contributed by atoms with Crippen molar-refractivity contribution in [1.29, 1.82) is 0 Å². The van der Waals surface area contributed by atoms with Gasteiger partial charge in [-0.2, -0.15) is 0 Å². The number of amides is 2. The summed E-state index contributed by atoms with van der Waals surface area (Å²) in [5.74, 6) is 0.758. The fourth-order valence-corrected chi connectivity index (χ4v) is 2.20. The molecule has 1 atom stereocenters. The largest absolute Gasteiger partial charge is 0.508 e. The second kappa shape index (κ2) is 11.8. The minimum Gasteiger partial charge on any atom is -0.508 e. The Bertz CT molecular complexity index is 497. The lowest BCUT2D eigenvalue weighted by atomic mass is 10.3. The second-order valence-corrected chi connectivity index (χ2v) is 5.49. The third kappa shape index (κ3) is 8.26. The van der Waals surface area contributed by atoms with Crippen molar-refractivity contribution in [2.45, 2.75) is 6.10 Å². The Morgan fingerprint density at radius 1 is 1.24 bits per heavy atom. The average molecular weight is 376 g/mol. The van der Waals surface area contributed by atoms with Crippen LogP contribution in [0.3, 0.4) is 0 Å². The smallest absolute Gasteiger partial charge is 0.317 e. The summed E-state index contributed by atoms with van der Waals surface area (Å²) in [6.07, 6.45) is -0.659. The topological polar surface area (TPSA) is 103 Å². The Labute approximate surface area is 153 Å². The average Bonchev–Trinajstić information content (AvgIpc) is 2.61. The fraction of sp³-hybridized carbons (Fsp3) is 0.562. The highest BCUT2D eigenvalue weighted by Crippen LogP contribution is 2.15. The number of aromatic hydroxyl groups is 1. The lowest BCUT2D eigenvalue weighted by Gasteiger charge is -2.27. The highest BCUT2D eigenvalue weighted by molar-refractivity contribution is 5.85. The molecule has 0 aromatic heterocycles. The van der Waals surface area contributed by atoms with Crippen LogP contribution < -0.4 is 15.4 Å². The lowest BCUT2D eigenvalue weighted by Crippen LogP contribution is -2.47. The number of carbonyl (C=O) groups excluding carboxylic acids is 1. The number of urea groups is 1. The van der Waals surface area contributed by atoms with E-state index >= 15 is 0 Å². The van der Waals surface area contributed by atoms with E-state index in [9.17, 15) is 9.90 Å². The minimum absolute atomic E-state index is 0. The number of hydrogen-bond donors (Lipinski definition) is 4. The summed E-state index contributed by atoms with van der Waals surface area (Å²) in [7, 11) is 0. The molecule has 1 fully saturated rings. The van der Waals surface area contributed by atoms with E-state index in [-0.39, 0.29) is 30.8 Å². The van der Waals surface area contributed by atoms with Gasteiger partial charge in [-0.1, -0.05) is 0 Å². The number of aliphatic hydroxyl groups excluding tert-OH is 1. The van der Waals surface area contributed by atoms with Gasteiger partial charge in [-0.25, -0.2) is 4.79 Å². The summed E-state index contributed by atoms with van der Waals surface area (Å²) < 4.78 is 10.6. The zero-order chi connectivity index (χ0) is 17.2. The third-order valence-corrected chi connectivity index (χ3v) is 3.54. The van der Waals surface area contributed by atoms with E-state index < -0.39 is 6.10 Å². The van der Waals surface area contributed by atoms with Gasteiger partial charge in [0.1, 0.15) is 24.2 Å². The molecule has 1 unspecified atom stereocenters. The van der Waals surface area contributed by atoms with Crippen LogP contribution in [0.1, 0.15) is 0 Å². The molecule has 4 N–H and O–H groups in total. The molecule has 0 spiro atoms. The van der Waals surface area contributed by atoms with Gasteiger partial charge in [0, 0.05) is 32.7 Å². The number of rotatable bonds is 8. The van der Waals surface area contributed by atoms with Crippen molar-refractivity contribution in [3.8, 4) is 11.5 Å². The van der Waals surface area contributed by atoms with Crippen molar-refractivity contribution >= 4 is 18.4 Å². The summed E-state index contributed by atoms with van der Waals surface area (Å²) in [6.45, 7) is 3.97. The quantitative estimate of drug-likeness (QED) is 0.483. The van der Waals surface area contributed by atoms with Crippen LogP contribution in [0.4, 0.5) is 4.79 Å². The molecule has 1 aromatic carbocycles. The summed E-state index contributed by atoms with van der Waals surface area (Å²) >= 11 is 0. The standard InChI is InChI=1S/C16H25N3O5.ClH/c20-13-1-3-15(4-2-13)24-12-14(21)11-17-5-6-18-16(22)19-7-9-23-10-8-19;/h1-4,14,17,20-21H,5-12H2,(H,18,22);1H. The number of ether oxygens (including phenoxy) is 2. The first kappa shape index (κ1) is 21.3. The van der Waals surface area contributed by atoms with Gasteiger partial charge in [0.25, 0.3) is 0 Å². The van der Waals surface area contributed by atoms with E-state index in [2.05, 4.69) is 10.6 Å². The number of phenolic OH excluding ortho intramolecular Hbond substituents is 1. The van der Waals surface area contributed by atoms with Crippen molar-refractivity contribution in [3.05, 3.63) is 24.3 Å². The van der Waals surface area contributed by atoms with Crippen molar-refractivity contribution < 1.29 is 24.5 Å². The van der Waals surface area contributed by atoms with Gasteiger partial charge in [0.05, 0.1) is 13.2 Å². The number of nitrogens with one attached hydrogen (secondary N) is 2. The molecule has 1 saturated heterocycles. The maximum Gasteiger partial charge on any atom is 0.317 e. The molecule has 0 radical (unpaired) electrons. The van der Waals surface area contributed by atoms with E-state index in [0.717, 1.165) is 0 Å². The first-order valence-corrected chi connectivity index (χ1v) is 8.06. The molecule has 8 nitrogen and oxygen atoms in total. The number of hydrogen-bond acceptors (Lipinski definition) is 6. The van der Waals surface area contributed by atoms with Crippen LogP contribution >= 0.6 is 12.4 Å². The van der Waals surface area contributed by atoms with E-state index in [1.807, 2.05) is 0 Å². The maximum atomic E-state index is 11.8. The zero-order valence-electron chi connectivity index (χ0n) is 14.0. The lowest BCUT2D eigenvalue weighted by molar-refractivity contribution is 0.0532. The number of morpholine rings is 1. The number of benzene rings is 1. The second-order valence-electron chi connectivity index (χ2n) is 5.49. The predicted octanol–water partition coefficient (Wildman–Crippen LogP) is 0.185. The van der Waals surface area contributed by atoms with Crippen molar-refractivity contribution in [2.24, 2.45) is 0 Å². The SMILES string of the molecule is Cl.O=C(NCCNCC(O)COc1ccc(O)cc1)N1CCOCC1. The Hall–Kier alpha value is -1.74. The van der Waals surface area contributed by atoms with Gasteiger partial charge in [-0.05, 0) is 24.3 Å². The Balaban J connectivity index is 0.00000312. The summed E-state index contributed by atoms with van der Waals surface area (Å²) in [5, 5.41) is 24.9. The van der Waals surface area contributed by atoms with Crippen molar-refractivity contribution in [2.75, 3.05) is 52.5 Å². The van der Waals surface area contributed by atoms with Gasteiger partial charge in [0.2, 0.25) is 0 Å². The van der Waals surface area contributed by atoms with Crippen molar-refractivity contribution in [1.82, 2.24) is 15.5 Å². The molecule has 1 aliphatic heterocycles. The van der Waals surface area contributed by atoms with E-state index in [1.165, 1.54) is 12.1 Å². The highest BCUT2D eigenvalue weighted by Gasteiger charge is 2.15. The van der Waals surface area contributed by atoms with E-state index in [0.29, 0.717) is 51.7 Å². The Morgan fingerprint density at radius 2 is 1.92 bits per heavy atom. The molecule has 2 rings (SSSR count). The highest BCUT2D eigenvalue weighted by atomic mass is 35.5. The van der Waals surface area contributed by atoms with Crippen LogP contribution in [-0.2, 0) is 4.74 Å². The molecule has 0 saturated carbocycles. The number of aliphatic hydroxyl groups is 1. The van der Waals surface area contributed by atoms with Crippen LogP contribution in [-0.4, -0.2) is 79.8 Å². The van der Waals surface area contributed by atoms with Crippen molar-refractivity contribution in [3.63, 3.8) is 0 Å². The van der Waals surface area contributed by atoms with E-state index in [1.54, 1.807) is 17.0 Å². The predicted molar refractivity (Wildman–Crippen MR) is 95.5 cm³/mol. The molecular weight excluding hydrogens is 350 g/mol. The van der Waals surface area contributed by atoms with Crippen LogP contribution in [0.25, 0.3) is 0 Å². The number of nitrogens with zero attached hydrogens (tertiary/aromatic N) is 1. The maximum absolute atomic E-state index is 11.8. The summed E-state index contributed by atoms with van der Waals surface area (Å²) in [6, 6.07) is 6.23. The van der Waals surface area contributed by atoms with E-state index in [4.69, 9.17) is 14.6 Å². The molecule has 0 aliphatic carbocycles. The summed E-state index contributed by atoms with van der Waals surface area (Å²) in [5.41, 5.74) is 0. The first-order chi connectivity index (χ1) is 11.6. The van der Waals surface area contributed by atoms with Gasteiger partial charge < -0.3 is 35.2 Å². The van der Waals surface area contributed by atoms with Crippen LogP contribution in [0.15, 0.2) is 24.3 Å². The fourth-order valence-electron chi connectivity index (χ4n) is 2.20. The molecule has 2 amide bonds. The Morgan fingerprint density at radius 3 is 2.60 bits per heavy atom. The normalized spacial score (nSPS) is 15.2. The number of halogens is 1. The molecule has 1 aromatic rings. The molecule has 9 heteroatoms. The zero-order valence-corrected chi connectivity index (χ0v) is 14.8. The number of phenols is 1. The monoisotopic (exact) mass is 375 g/mol. The van der Waals surface area contributed by atoms with Crippen LogP contribution in [0.5, 0.6) is 11.5 Å². The van der Waals surface area contributed by atoms with Gasteiger partial charge in [-0.3, -0.25) is 0 Å². The molecule has 1 heterocycles. The van der Waals surface area contributed by atoms with Crippen LogP contribution in [0, 0.1) is 0 Å². The van der Waals surface area contributed by atoms with Crippen LogP contribution in [0.2, 0.25) is 0 Å². The van der Waals surface area contributed by atoms with Gasteiger partial charge in [-0.15, -0.1) is 12.4 Å². The molecule has 142 valence electrons. The molecule has 1 aliphatic rings. The van der Waals surface area contributed by atoms with Gasteiger partial charge in [0.15, 0.2) is 0 Å². The third-order valence-electron chi connectivity index (χ3n) is 3.54. The molecule has 25 heavy (non-hydrogen) atoms. The first-order valence-electron chi connectivity index (χ1n) is 8.06. The summed E-state index contributed by atoms with van der Waals surface area (Å²) in [4.78, 5) is 13.5. The molecule has 0 bridgehead atoms. The Kier molecular flexibility index (Phi) is 10.0. The minimum atomic E-state index is -0.659. The number of carbonyl (C=O) groups is 1. The van der Waals surface area contributed by atoms with Gasteiger partial charge >= 0.3 is 6.03 Å². The molecular formula is C16H26ClN3O5.